The quantitative estimate of drug-likeness (QED) is 0.338. The summed E-state index contributed by atoms with van der Waals surface area (Å²) in [6, 6.07) is 21.2. The highest BCUT2D eigenvalue weighted by Gasteiger charge is 2.17. The molecule has 4 aromatic rings. The van der Waals surface area contributed by atoms with E-state index in [2.05, 4.69) is 81.2 Å². The Morgan fingerprint density at radius 3 is 1.52 bits per heavy atom. The van der Waals surface area contributed by atoms with Crippen LogP contribution < -0.4 is 0 Å². The molecule has 1 aliphatic heterocycles. The molecule has 0 aliphatic carbocycles. The highest BCUT2D eigenvalue weighted by atomic mass is 32.1. The molecule has 33 heavy (non-hydrogen) atoms. The maximum absolute atomic E-state index is 4.91. The van der Waals surface area contributed by atoms with Crippen LogP contribution in [0.2, 0.25) is 0 Å². The molecule has 0 bridgehead atoms. The molecule has 0 atom stereocenters. The molecule has 1 fully saturated rings. The van der Waals surface area contributed by atoms with E-state index in [1.54, 1.807) is 22.7 Å². The number of nitrogens with zero attached hydrogens (tertiary/aromatic N) is 4. The van der Waals surface area contributed by atoms with Crippen LogP contribution in [0.4, 0.5) is 0 Å². The van der Waals surface area contributed by atoms with E-state index in [9.17, 15) is 0 Å². The van der Waals surface area contributed by atoms with Crippen LogP contribution in [-0.4, -0.2) is 45.9 Å². The summed E-state index contributed by atoms with van der Waals surface area (Å²) in [4.78, 5) is 14.9. The molecule has 0 saturated carbocycles. The summed E-state index contributed by atoms with van der Waals surface area (Å²) in [5.41, 5.74) is 5.09. The topological polar surface area (TPSA) is 32.3 Å². The van der Waals surface area contributed by atoms with E-state index in [0.717, 1.165) is 52.1 Å². The maximum Gasteiger partial charge on any atom is 0.0972 e. The molecule has 0 amide bonds. The van der Waals surface area contributed by atoms with Crippen LogP contribution in [0.5, 0.6) is 0 Å². The molecule has 6 heteroatoms. The number of rotatable bonds is 8. The van der Waals surface area contributed by atoms with Crippen LogP contribution in [0.15, 0.2) is 71.4 Å². The number of aromatic nitrogens is 2. The summed E-state index contributed by atoms with van der Waals surface area (Å²) < 4.78 is 0. The molecule has 0 radical (unpaired) electrons. The van der Waals surface area contributed by atoms with Gasteiger partial charge in [-0.15, -0.1) is 22.7 Å². The van der Waals surface area contributed by atoms with E-state index in [4.69, 9.17) is 9.97 Å². The zero-order valence-electron chi connectivity index (χ0n) is 18.9. The molecule has 0 unspecified atom stereocenters. The van der Waals surface area contributed by atoms with Gasteiger partial charge in [0.1, 0.15) is 0 Å². The van der Waals surface area contributed by atoms with Gasteiger partial charge >= 0.3 is 0 Å². The molecule has 4 nitrogen and oxygen atoms in total. The molecule has 5 rings (SSSR count). The Morgan fingerprint density at radius 1 is 0.606 bits per heavy atom. The summed E-state index contributed by atoms with van der Waals surface area (Å²) >= 11 is 3.58. The second kappa shape index (κ2) is 11.2. The van der Waals surface area contributed by atoms with E-state index in [1.807, 2.05) is 0 Å². The van der Waals surface area contributed by atoms with Crippen LogP contribution in [0.1, 0.15) is 39.0 Å². The number of hydrogen-bond donors (Lipinski definition) is 0. The van der Waals surface area contributed by atoms with Gasteiger partial charge in [0.15, 0.2) is 0 Å². The number of thiazole rings is 2. The molecule has 1 aliphatic rings. The number of benzene rings is 2. The van der Waals surface area contributed by atoms with Crippen molar-refractivity contribution in [1.29, 1.82) is 0 Å². The van der Waals surface area contributed by atoms with Gasteiger partial charge in [-0.3, -0.25) is 9.80 Å². The van der Waals surface area contributed by atoms with Gasteiger partial charge in [0.2, 0.25) is 0 Å². The van der Waals surface area contributed by atoms with Crippen LogP contribution in [0.25, 0.3) is 0 Å². The summed E-state index contributed by atoms with van der Waals surface area (Å²) in [5, 5.41) is 6.90. The number of hydrogen-bond acceptors (Lipinski definition) is 6. The van der Waals surface area contributed by atoms with Crippen molar-refractivity contribution in [3.8, 4) is 0 Å². The van der Waals surface area contributed by atoms with E-state index < -0.39 is 0 Å². The third-order valence-electron chi connectivity index (χ3n) is 6.05. The van der Waals surface area contributed by atoms with E-state index in [0.29, 0.717) is 0 Å². The summed E-state index contributed by atoms with van der Waals surface area (Å²) in [5.74, 6) is 0. The molecule has 0 spiro atoms. The first kappa shape index (κ1) is 22.4. The third-order valence-corrected chi connectivity index (χ3v) is 7.84. The lowest BCUT2D eigenvalue weighted by Crippen LogP contribution is -2.30. The minimum Gasteiger partial charge on any atom is -0.296 e. The molecule has 170 valence electrons. The van der Waals surface area contributed by atoms with Crippen molar-refractivity contribution in [2.45, 2.75) is 32.4 Å². The van der Waals surface area contributed by atoms with E-state index >= 15 is 0 Å². The Labute approximate surface area is 204 Å². The largest absolute Gasteiger partial charge is 0.296 e. The van der Waals surface area contributed by atoms with Gasteiger partial charge in [-0.1, -0.05) is 60.7 Å². The van der Waals surface area contributed by atoms with Gasteiger partial charge < -0.3 is 0 Å². The average Bonchev–Trinajstić information content (AvgIpc) is 3.40. The Bertz CT molecular complexity index is 1030. The Morgan fingerprint density at radius 2 is 1.06 bits per heavy atom. The monoisotopic (exact) mass is 474 g/mol. The van der Waals surface area contributed by atoms with Gasteiger partial charge in [0, 0.05) is 49.8 Å². The van der Waals surface area contributed by atoms with Crippen molar-refractivity contribution in [3.63, 3.8) is 0 Å². The van der Waals surface area contributed by atoms with Crippen molar-refractivity contribution in [1.82, 2.24) is 19.8 Å². The second-order valence-corrected chi connectivity index (χ2v) is 10.6. The van der Waals surface area contributed by atoms with Gasteiger partial charge in [-0.25, -0.2) is 9.97 Å². The molecule has 2 aromatic carbocycles. The first-order chi connectivity index (χ1) is 16.3. The van der Waals surface area contributed by atoms with Crippen molar-refractivity contribution in [3.05, 3.63) is 104 Å². The molecular formula is C27H30N4S2. The molecule has 0 N–H and O–H groups in total. The summed E-state index contributed by atoms with van der Waals surface area (Å²) in [6.07, 6.45) is 3.06. The Balaban J connectivity index is 1.10. The van der Waals surface area contributed by atoms with Crippen LogP contribution in [-0.2, 0) is 25.9 Å². The minimum atomic E-state index is 0.930. The molecule has 2 aromatic heterocycles. The second-order valence-electron chi connectivity index (χ2n) is 8.70. The lowest BCUT2D eigenvalue weighted by molar-refractivity contribution is 0.244. The highest BCUT2D eigenvalue weighted by molar-refractivity contribution is 7.09. The van der Waals surface area contributed by atoms with Crippen LogP contribution in [0.3, 0.4) is 0 Å². The van der Waals surface area contributed by atoms with Gasteiger partial charge in [-0.2, -0.15) is 0 Å². The summed E-state index contributed by atoms with van der Waals surface area (Å²) in [7, 11) is 0. The smallest absolute Gasteiger partial charge is 0.0972 e. The average molecular weight is 475 g/mol. The third kappa shape index (κ3) is 6.58. The van der Waals surface area contributed by atoms with Gasteiger partial charge in [-0.05, 0) is 30.6 Å². The van der Waals surface area contributed by atoms with E-state index in [-0.39, 0.29) is 0 Å². The fraction of sp³-hybridized carbons (Fsp3) is 0.333. The van der Waals surface area contributed by atoms with Crippen molar-refractivity contribution < 1.29 is 0 Å². The van der Waals surface area contributed by atoms with Crippen LogP contribution >= 0.6 is 22.7 Å². The standard InChI is InChI=1S/C27H30N4S2/c1-3-8-22(9-4-1)16-26-28-24(20-32-26)18-30-12-7-13-31(15-14-30)19-25-21-33-27(29-25)17-23-10-5-2-6-11-23/h1-6,8-11,20-21H,7,12-19H2. The molecule has 3 heterocycles. The van der Waals surface area contributed by atoms with Crippen molar-refractivity contribution in [2.24, 2.45) is 0 Å². The normalized spacial score (nSPS) is 15.5. The minimum absolute atomic E-state index is 0.930. The molecule has 1 saturated heterocycles. The van der Waals surface area contributed by atoms with Gasteiger partial charge in [0.25, 0.3) is 0 Å². The fourth-order valence-electron chi connectivity index (χ4n) is 4.35. The fourth-order valence-corrected chi connectivity index (χ4v) is 5.98. The molecular weight excluding hydrogens is 444 g/mol. The lowest BCUT2D eigenvalue weighted by Gasteiger charge is -2.20. The van der Waals surface area contributed by atoms with Crippen LogP contribution in [0, 0.1) is 0 Å². The first-order valence-corrected chi connectivity index (χ1v) is 13.5. The van der Waals surface area contributed by atoms with Crippen molar-refractivity contribution in [2.75, 3.05) is 26.2 Å². The highest BCUT2D eigenvalue weighted by Crippen LogP contribution is 2.19. The lowest BCUT2D eigenvalue weighted by atomic mass is 10.2. The SMILES string of the molecule is c1ccc(Cc2nc(CN3CCCN(Cc4csc(Cc5ccccc5)n4)CC3)cs2)cc1. The predicted octanol–water partition coefficient (Wildman–Crippen LogP) is 5.49. The first-order valence-electron chi connectivity index (χ1n) is 11.7. The Hall–Kier alpha value is -2.38. The zero-order chi connectivity index (χ0) is 22.3. The summed E-state index contributed by atoms with van der Waals surface area (Å²) in [6.45, 7) is 6.37. The Kier molecular flexibility index (Phi) is 7.58. The van der Waals surface area contributed by atoms with Gasteiger partial charge in [0.05, 0.1) is 21.4 Å². The predicted molar refractivity (Wildman–Crippen MR) is 138 cm³/mol. The maximum atomic E-state index is 4.91. The van der Waals surface area contributed by atoms with Crippen molar-refractivity contribution >= 4 is 22.7 Å². The zero-order valence-corrected chi connectivity index (χ0v) is 20.5. The van der Waals surface area contributed by atoms with E-state index in [1.165, 1.54) is 39.0 Å².